The van der Waals surface area contributed by atoms with Crippen molar-refractivity contribution in [2.75, 3.05) is 0 Å². The molecule has 0 aliphatic rings. The van der Waals surface area contributed by atoms with Crippen LogP contribution in [0.1, 0.15) is 11.1 Å². The highest BCUT2D eigenvalue weighted by Gasteiger charge is 2.16. The first-order valence-corrected chi connectivity index (χ1v) is 5.73. The second kappa shape index (κ2) is 3.57. The van der Waals surface area contributed by atoms with Crippen LogP contribution in [-0.2, 0) is 0 Å². The minimum atomic E-state index is -0.306. The quantitative estimate of drug-likeness (QED) is 0.481. The van der Waals surface area contributed by atoms with Gasteiger partial charge in [0.25, 0.3) is 5.69 Å². The Hall–Kier alpha value is -2.36. The van der Waals surface area contributed by atoms with Crippen LogP contribution in [0.15, 0.2) is 36.5 Å². The normalized spacial score (nSPS) is 11.2. The largest absolute Gasteiger partial charge is 0.316 e. The Morgan fingerprint density at radius 1 is 1.17 bits per heavy atom. The number of nitro groups is 1. The predicted octanol–water partition coefficient (Wildman–Crippen LogP) is 3.62. The number of fused-ring (bicyclic) bond motifs is 3. The number of hydrogen-bond donors (Lipinski definition) is 0. The molecule has 0 saturated heterocycles. The van der Waals surface area contributed by atoms with Crippen molar-refractivity contribution < 1.29 is 4.92 Å². The molecule has 0 fully saturated rings. The van der Waals surface area contributed by atoms with Gasteiger partial charge in [-0.15, -0.1) is 0 Å². The number of aromatic nitrogens is 1. The van der Waals surface area contributed by atoms with Crippen LogP contribution in [0.4, 0.5) is 5.69 Å². The topological polar surface area (TPSA) is 47.5 Å². The number of nitrogens with zero attached hydrogens (tertiary/aromatic N) is 2. The van der Waals surface area contributed by atoms with Gasteiger partial charge in [-0.05, 0) is 43.7 Å². The Bertz CT molecular complexity index is 787. The zero-order valence-electron chi connectivity index (χ0n) is 10.2. The highest BCUT2D eigenvalue weighted by molar-refractivity contribution is 5.92. The van der Waals surface area contributed by atoms with E-state index < -0.39 is 0 Å². The molecule has 2 aromatic heterocycles. The van der Waals surface area contributed by atoms with Gasteiger partial charge < -0.3 is 4.40 Å². The summed E-state index contributed by atoms with van der Waals surface area (Å²) in [5, 5.41) is 11.9. The summed E-state index contributed by atoms with van der Waals surface area (Å²) in [6.45, 7) is 3.78. The molecule has 3 aromatic rings. The predicted molar refractivity (Wildman–Crippen MR) is 71.0 cm³/mol. The van der Waals surface area contributed by atoms with E-state index in [0.717, 1.165) is 16.6 Å². The first-order chi connectivity index (χ1) is 8.58. The molecule has 2 heterocycles. The zero-order chi connectivity index (χ0) is 12.9. The van der Waals surface area contributed by atoms with E-state index in [1.165, 1.54) is 0 Å². The molecule has 0 aliphatic carbocycles. The summed E-state index contributed by atoms with van der Waals surface area (Å²) in [6, 6.07) is 9.54. The molecule has 0 spiro atoms. The van der Waals surface area contributed by atoms with Gasteiger partial charge in [-0.3, -0.25) is 10.1 Å². The van der Waals surface area contributed by atoms with Crippen molar-refractivity contribution >= 4 is 22.1 Å². The summed E-state index contributed by atoms with van der Waals surface area (Å²) in [5.74, 6) is 0. The van der Waals surface area contributed by atoms with E-state index in [2.05, 4.69) is 6.07 Å². The molecule has 0 bridgehead atoms. The first kappa shape index (κ1) is 10.8. The zero-order valence-corrected chi connectivity index (χ0v) is 10.2. The third-order valence-corrected chi connectivity index (χ3v) is 3.25. The lowest BCUT2D eigenvalue weighted by Gasteiger charge is -2.05. The molecule has 1 aromatic carbocycles. The van der Waals surface area contributed by atoms with E-state index in [4.69, 9.17) is 0 Å². The average molecular weight is 240 g/mol. The second-order valence-corrected chi connectivity index (χ2v) is 4.57. The Morgan fingerprint density at radius 3 is 2.67 bits per heavy atom. The fourth-order valence-corrected chi connectivity index (χ4v) is 2.45. The third-order valence-electron chi connectivity index (χ3n) is 3.25. The van der Waals surface area contributed by atoms with Gasteiger partial charge in [-0.2, -0.15) is 0 Å². The molecule has 4 nitrogen and oxygen atoms in total. The molecule has 0 unspecified atom stereocenters. The van der Waals surface area contributed by atoms with Gasteiger partial charge in [0.1, 0.15) is 0 Å². The average Bonchev–Trinajstić information content (AvgIpc) is 2.68. The lowest BCUT2D eigenvalue weighted by Crippen LogP contribution is -1.95. The second-order valence-electron chi connectivity index (χ2n) is 4.57. The van der Waals surface area contributed by atoms with Crippen LogP contribution in [-0.4, -0.2) is 9.32 Å². The van der Waals surface area contributed by atoms with Crippen LogP contribution in [0.25, 0.3) is 16.4 Å². The Labute approximate surface area is 104 Å². The Morgan fingerprint density at radius 2 is 1.94 bits per heavy atom. The lowest BCUT2D eigenvalue weighted by molar-refractivity contribution is -0.383. The molecule has 0 aliphatic heterocycles. The fourth-order valence-electron chi connectivity index (χ4n) is 2.45. The lowest BCUT2D eigenvalue weighted by atomic mass is 10.1. The summed E-state index contributed by atoms with van der Waals surface area (Å²) in [7, 11) is 0. The van der Waals surface area contributed by atoms with E-state index >= 15 is 0 Å². The molecule has 18 heavy (non-hydrogen) atoms. The van der Waals surface area contributed by atoms with Crippen molar-refractivity contribution in [3.8, 4) is 0 Å². The first-order valence-electron chi connectivity index (χ1n) is 5.73. The van der Waals surface area contributed by atoms with Gasteiger partial charge in [0.15, 0.2) is 0 Å². The summed E-state index contributed by atoms with van der Waals surface area (Å²) in [5.41, 5.74) is 3.96. The van der Waals surface area contributed by atoms with Gasteiger partial charge in [0.05, 0.1) is 15.8 Å². The molecular weight excluding hydrogens is 228 g/mol. The van der Waals surface area contributed by atoms with Crippen LogP contribution in [0.3, 0.4) is 0 Å². The Balaban J connectivity index is 2.53. The maximum atomic E-state index is 11.2. The number of rotatable bonds is 1. The van der Waals surface area contributed by atoms with Crippen LogP contribution in [0, 0.1) is 24.0 Å². The van der Waals surface area contributed by atoms with Crippen molar-refractivity contribution in [1.82, 2.24) is 4.40 Å². The van der Waals surface area contributed by atoms with Crippen molar-refractivity contribution in [2.24, 2.45) is 0 Å². The van der Waals surface area contributed by atoms with Crippen LogP contribution in [0.2, 0.25) is 0 Å². The molecule has 0 radical (unpaired) electrons. The Kier molecular flexibility index (Phi) is 2.13. The number of aryl methyl sites for hydroxylation is 2. The molecule has 4 heteroatoms. The van der Waals surface area contributed by atoms with Crippen molar-refractivity contribution in [1.29, 1.82) is 0 Å². The SMILES string of the molecule is Cc1cc2ccc3c([N+](=O)[O-])c(C)ccc3n2c1. The summed E-state index contributed by atoms with van der Waals surface area (Å²) < 4.78 is 2.00. The monoisotopic (exact) mass is 240 g/mol. The maximum absolute atomic E-state index is 11.2. The highest BCUT2D eigenvalue weighted by Crippen LogP contribution is 2.30. The molecule has 0 saturated carbocycles. The van der Waals surface area contributed by atoms with Crippen molar-refractivity contribution in [3.63, 3.8) is 0 Å². The third kappa shape index (κ3) is 1.39. The standard InChI is InChI=1S/C14H12N2O2/c1-9-7-11-4-5-12-13(15(11)8-9)6-3-10(2)14(12)16(17)18/h3-8H,1-2H3. The molecule has 90 valence electrons. The van der Waals surface area contributed by atoms with Gasteiger partial charge in [0.2, 0.25) is 0 Å². The summed E-state index contributed by atoms with van der Waals surface area (Å²) >= 11 is 0. The molecule has 3 rings (SSSR count). The van der Waals surface area contributed by atoms with Crippen LogP contribution >= 0.6 is 0 Å². The van der Waals surface area contributed by atoms with Crippen LogP contribution < -0.4 is 0 Å². The van der Waals surface area contributed by atoms with Crippen molar-refractivity contribution in [2.45, 2.75) is 13.8 Å². The van der Waals surface area contributed by atoms with E-state index in [-0.39, 0.29) is 10.6 Å². The van der Waals surface area contributed by atoms with Crippen LogP contribution in [0.5, 0.6) is 0 Å². The van der Waals surface area contributed by atoms with Gasteiger partial charge in [0, 0.05) is 17.3 Å². The van der Waals surface area contributed by atoms with Crippen molar-refractivity contribution in [3.05, 3.63) is 57.8 Å². The smallest absolute Gasteiger partial charge is 0.281 e. The molecular formula is C14H12N2O2. The number of pyridine rings is 1. The molecule has 0 amide bonds. The minimum Gasteiger partial charge on any atom is -0.316 e. The number of benzene rings is 1. The van der Waals surface area contributed by atoms with E-state index in [9.17, 15) is 10.1 Å². The maximum Gasteiger partial charge on any atom is 0.281 e. The molecule has 0 N–H and O–H groups in total. The summed E-state index contributed by atoms with van der Waals surface area (Å²) in [4.78, 5) is 10.9. The highest BCUT2D eigenvalue weighted by atomic mass is 16.6. The van der Waals surface area contributed by atoms with Gasteiger partial charge >= 0.3 is 0 Å². The van der Waals surface area contributed by atoms with E-state index in [0.29, 0.717) is 10.9 Å². The number of hydrogen-bond acceptors (Lipinski definition) is 2. The van der Waals surface area contributed by atoms with E-state index in [1.807, 2.05) is 35.7 Å². The number of nitro benzene ring substituents is 1. The van der Waals surface area contributed by atoms with Gasteiger partial charge in [-0.1, -0.05) is 6.07 Å². The molecule has 0 atom stereocenters. The minimum absolute atomic E-state index is 0.195. The fraction of sp³-hybridized carbons (Fsp3) is 0.143. The van der Waals surface area contributed by atoms with Gasteiger partial charge in [-0.25, -0.2) is 0 Å². The summed E-state index contributed by atoms with van der Waals surface area (Å²) in [6.07, 6.45) is 2.00. The van der Waals surface area contributed by atoms with E-state index in [1.54, 1.807) is 13.0 Å².